The van der Waals surface area contributed by atoms with Crippen molar-refractivity contribution in [3.8, 4) is 0 Å². The molecule has 0 atom stereocenters. The summed E-state index contributed by atoms with van der Waals surface area (Å²) in [6, 6.07) is 9.07. The minimum Gasteiger partial charge on any atom is -0.319 e. The molecule has 2 aromatic heterocycles. The summed E-state index contributed by atoms with van der Waals surface area (Å²) in [5.74, 6) is -0.817. The van der Waals surface area contributed by atoms with Crippen LogP contribution in [0.25, 0.3) is 10.9 Å². The topological polar surface area (TPSA) is 54.9 Å². The van der Waals surface area contributed by atoms with Crippen LogP contribution in [0.15, 0.2) is 42.6 Å². The summed E-state index contributed by atoms with van der Waals surface area (Å²) in [6.45, 7) is 1.77. The van der Waals surface area contributed by atoms with Gasteiger partial charge in [-0.3, -0.25) is 9.78 Å². The molecule has 1 aromatic carbocycles. The Kier molecular flexibility index (Phi) is 3.73. The van der Waals surface area contributed by atoms with E-state index in [4.69, 9.17) is 11.6 Å². The summed E-state index contributed by atoms with van der Waals surface area (Å²) < 4.78 is 13.5. The van der Waals surface area contributed by atoms with E-state index in [1.54, 1.807) is 31.2 Å². The number of aryl methyl sites for hydroxylation is 1. The molecule has 1 N–H and O–H groups in total. The molecule has 0 unspecified atom stereocenters. The van der Waals surface area contributed by atoms with Crippen LogP contribution in [0.1, 0.15) is 16.1 Å². The maximum atomic E-state index is 13.5. The Bertz CT molecular complexity index is 882. The van der Waals surface area contributed by atoms with Gasteiger partial charge in [0.25, 0.3) is 5.91 Å². The van der Waals surface area contributed by atoms with Gasteiger partial charge in [0.15, 0.2) is 5.15 Å². The Hall–Kier alpha value is -2.53. The number of amides is 1. The van der Waals surface area contributed by atoms with Crippen molar-refractivity contribution >= 4 is 34.1 Å². The summed E-state index contributed by atoms with van der Waals surface area (Å²) in [6.07, 6.45) is 1.53. The van der Waals surface area contributed by atoms with Crippen molar-refractivity contribution in [1.29, 1.82) is 0 Å². The number of halogens is 2. The number of rotatable bonds is 2. The number of anilines is 1. The van der Waals surface area contributed by atoms with E-state index >= 15 is 0 Å². The molecule has 22 heavy (non-hydrogen) atoms. The van der Waals surface area contributed by atoms with Crippen LogP contribution >= 0.6 is 11.6 Å². The first kappa shape index (κ1) is 14.4. The van der Waals surface area contributed by atoms with Crippen molar-refractivity contribution in [1.82, 2.24) is 9.97 Å². The van der Waals surface area contributed by atoms with Gasteiger partial charge in [-0.25, -0.2) is 9.37 Å². The highest BCUT2D eigenvalue weighted by Crippen LogP contribution is 2.23. The van der Waals surface area contributed by atoms with Gasteiger partial charge in [0.1, 0.15) is 5.82 Å². The second-order valence-electron chi connectivity index (χ2n) is 4.77. The second kappa shape index (κ2) is 5.69. The molecule has 0 spiro atoms. The lowest BCUT2D eigenvalue weighted by atomic mass is 10.1. The van der Waals surface area contributed by atoms with E-state index in [-0.39, 0.29) is 5.15 Å². The first-order valence-electron chi connectivity index (χ1n) is 6.53. The van der Waals surface area contributed by atoms with Crippen molar-refractivity contribution in [2.45, 2.75) is 6.92 Å². The maximum absolute atomic E-state index is 13.5. The quantitative estimate of drug-likeness (QED) is 0.728. The number of hydrogen-bond acceptors (Lipinski definition) is 3. The molecule has 1 amide bonds. The number of carbonyl (C=O) groups excluding carboxylic acids is 1. The third kappa shape index (κ3) is 2.76. The first-order valence-corrected chi connectivity index (χ1v) is 6.91. The lowest BCUT2D eigenvalue weighted by molar-refractivity contribution is 0.102. The zero-order valence-corrected chi connectivity index (χ0v) is 12.4. The molecule has 0 aliphatic heterocycles. The zero-order valence-electron chi connectivity index (χ0n) is 11.6. The average Bonchev–Trinajstić information content (AvgIpc) is 2.49. The summed E-state index contributed by atoms with van der Waals surface area (Å²) in [4.78, 5) is 20.7. The number of carbonyl (C=O) groups is 1. The molecule has 0 saturated carbocycles. The van der Waals surface area contributed by atoms with Crippen LogP contribution in [0.3, 0.4) is 0 Å². The third-order valence-electron chi connectivity index (χ3n) is 3.15. The SMILES string of the molecule is Cc1cc(C(=O)Nc2cccnc2Cl)c2cc(F)ccc2n1. The smallest absolute Gasteiger partial charge is 0.256 e. The number of nitrogens with zero attached hydrogens (tertiary/aromatic N) is 2. The molecule has 3 rings (SSSR count). The molecule has 0 fully saturated rings. The van der Waals surface area contributed by atoms with Crippen molar-refractivity contribution < 1.29 is 9.18 Å². The van der Waals surface area contributed by atoms with Crippen molar-refractivity contribution in [2.75, 3.05) is 5.32 Å². The van der Waals surface area contributed by atoms with Gasteiger partial charge in [-0.1, -0.05) is 11.6 Å². The lowest BCUT2D eigenvalue weighted by Gasteiger charge is -2.10. The zero-order chi connectivity index (χ0) is 15.7. The Morgan fingerprint density at radius 2 is 2.09 bits per heavy atom. The molecule has 0 aliphatic rings. The van der Waals surface area contributed by atoms with E-state index in [1.165, 1.54) is 18.3 Å². The molecular weight excluding hydrogens is 305 g/mol. The molecule has 110 valence electrons. The number of benzene rings is 1. The molecule has 0 radical (unpaired) electrons. The highest BCUT2D eigenvalue weighted by atomic mass is 35.5. The summed E-state index contributed by atoms with van der Waals surface area (Å²) in [5.41, 5.74) is 1.96. The van der Waals surface area contributed by atoms with Gasteiger partial charge in [-0.2, -0.15) is 0 Å². The van der Waals surface area contributed by atoms with Crippen molar-refractivity contribution in [3.05, 3.63) is 64.8 Å². The van der Waals surface area contributed by atoms with Crippen LogP contribution in [0.2, 0.25) is 5.15 Å². The Morgan fingerprint density at radius 1 is 1.27 bits per heavy atom. The van der Waals surface area contributed by atoms with Crippen LogP contribution in [0.4, 0.5) is 10.1 Å². The molecule has 6 heteroatoms. The fourth-order valence-electron chi connectivity index (χ4n) is 2.19. The standard InChI is InChI=1S/C16H11ClFN3O/c1-9-7-12(11-8-10(18)4-5-13(11)20-9)16(22)21-14-3-2-6-19-15(14)17/h2-8H,1H3,(H,21,22). The van der Waals surface area contributed by atoms with Gasteiger partial charge in [0.2, 0.25) is 0 Å². The van der Waals surface area contributed by atoms with E-state index in [0.717, 1.165) is 0 Å². The normalized spacial score (nSPS) is 10.7. The maximum Gasteiger partial charge on any atom is 0.256 e. The largest absolute Gasteiger partial charge is 0.319 e. The first-order chi connectivity index (χ1) is 10.5. The predicted molar refractivity (Wildman–Crippen MR) is 83.6 cm³/mol. The summed E-state index contributed by atoms with van der Waals surface area (Å²) in [7, 11) is 0. The Labute approximate surface area is 131 Å². The van der Waals surface area contributed by atoms with Gasteiger partial charge >= 0.3 is 0 Å². The van der Waals surface area contributed by atoms with Crippen LogP contribution in [-0.2, 0) is 0 Å². The van der Waals surface area contributed by atoms with Crippen molar-refractivity contribution in [2.24, 2.45) is 0 Å². The lowest BCUT2D eigenvalue weighted by Crippen LogP contribution is -2.13. The number of nitrogens with one attached hydrogen (secondary N) is 1. The number of aromatic nitrogens is 2. The Morgan fingerprint density at radius 3 is 2.86 bits per heavy atom. The monoisotopic (exact) mass is 315 g/mol. The Balaban J connectivity index is 2.07. The van der Waals surface area contributed by atoms with Crippen LogP contribution < -0.4 is 5.32 Å². The van der Waals surface area contributed by atoms with Gasteiger partial charge in [0.05, 0.1) is 16.8 Å². The number of pyridine rings is 2. The van der Waals surface area contributed by atoms with E-state index in [0.29, 0.717) is 27.8 Å². The average molecular weight is 316 g/mol. The van der Waals surface area contributed by atoms with Gasteiger partial charge in [-0.15, -0.1) is 0 Å². The van der Waals surface area contributed by atoms with E-state index in [2.05, 4.69) is 15.3 Å². The van der Waals surface area contributed by atoms with Crippen LogP contribution in [-0.4, -0.2) is 15.9 Å². The number of fused-ring (bicyclic) bond motifs is 1. The fourth-order valence-corrected chi connectivity index (χ4v) is 2.35. The van der Waals surface area contributed by atoms with Gasteiger partial charge in [0, 0.05) is 17.3 Å². The highest BCUT2D eigenvalue weighted by Gasteiger charge is 2.14. The van der Waals surface area contributed by atoms with Gasteiger partial charge in [-0.05, 0) is 43.3 Å². The third-order valence-corrected chi connectivity index (χ3v) is 3.45. The minimum atomic E-state index is -0.424. The van der Waals surface area contributed by atoms with E-state index in [9.17, 15) is 9.18 Å². The molecule has 0 bridgehead atoms. The fraction of sp³-hybridized carbons (Fsp3) is 0.0625. The molecule has 0 saturated heterocycles. The number of hydrogen-bond donors (Lipinski definition) is 1. The minimum absolute atomic E-state index is 0.192. The highest BCUT2D eigenvalue weighted by molar-refractivity contribution is 6.32. The van der Waals surface area contributed by atoms with Crippen LogP contribution in [0, 0.1) is 12.7 Å². The molecule has 0 aliphatic carbocycles. The van der Waals surface area contributed by atoms with E-state index in [1.807, 2.05) is 0 Å². The second-order valence-corrected chi connectivity index (χ2v) is 5.13. The summed E-state index contributed by atoms with van der Waals surface area (Å²) in [5, 5.41) is 3.32. The molecule has 2 heterocycles. The van der Waals surface area contributed by atoms with Crippen LogP contribution in [0.5, 0.6) is 0 Å². The molecular formula is C16H11ClFN3O. The molecule has 4 nitrogen and oxygen atoms in total. The van der Waals surface area contributed by atoms with E-state index < -0.39 is 11.7 Å². The van der Waals surface area contributed by atoms with Crippen molar-refractivity contribution in [3.63, 3.8) is 0 Å². The summed E-state index contributed by atoms with van der Waals surface area (Å²) >= 11 is 5.93. The van der Waals surface area contributed by atoms with Gasteiger partial charge < -0.3 is 5.32 Å². The molecule has 3 aromatic rings. The predicted octanol–water partition coefficient (Wildman–Crippen LogP) is 3.98.